The molecule has 0 bridgehead atoms. The molecular weight excluding hydrogens is 384 g/mol. The molecular formula is C27H26N2O2. The van der Waals surface area contributed by atoms with Gasteiger partial charge in [0.05, 0.1) is 0 Å². The van der Waals surface area contributed by atoms with E-state index in [0.717, 1.165) is 5.69 Å². The van der Waals surface area contributed by atoms with Gasteiger partial charge in [-0.3, -0.25) is 0 Å². The molecule has 1 heterocycles. The van der Waals surface area contributed by atoms with Crippen LogP contribution in [0.2, 0.25) is 0 Å². The zero-order valence-electron chi connectivity index (χ0n) is 17.5. The molecule has 4 nitrogen and oxygen atoms in total. The molecule has 3 aromatic carbocycles. The smallest absolute Gasteiger partial charge is 0.409 e. The summed E-state index contributed by atoms with van der Waals surface area (Å²) < 4.78 is 5.79. The number of benzene rings is 3. The van der Waals surface area contributed by atoms with Crippen LogP contribution in [-0.2, 0) is 4.74 Å². The van der Waals surface area contributed by atoms with Crippen LogP contribution in [-0.4, -0.2) is 30.7 Å². The van der Waals surface area contributed by atoms with E-state index in [0.29, 0.717) is 31.5 Å². The first-order valence-electron chi connectivity index (χ1n) is 11.2. The van der Waals surface area contributed by atoms with E-state index in [4.69, 9.17) is 10.5 Å². The molecule has 1 saturated carbocycles. The van der Waals surface area contributed by atoms with E-state index in [1.807, 2.05) is 11.0 Å². The number of nitrogen functional groups attached to an aromatic ring is 1. The number of hydrogen-bond acceptors (Lipinski definition) is 3. The van der Waals surface area contributed by atoms with Crippen molar-refractivity contribution in [2.45, 2.75) is 30.6 Å². The second-order valence-electron chi connectivity index (χ2n) is 9.07. The lowest BCUT2D eigenvalue weighted by atomic mass is 9.89. The molecule has 0 radical (unpaired) electrons. The van der Waals surface area contributed by atoms with Crippen molar-refractivity contribution in [2.75, 3.05) is 25.4 Å². The van der Waals surface area contributed by atoms with Gasteiger partial charge in [-0.05, 0) is 58.2 Å². The Kier molecular flexibility index (Phi) is 4.27. The molecule has 156 valence electrons. The lowest BCUT2D eigenvalue weighted by Crippen LogP contribution is -2.48. The Labute approximate surface area is 182 Å². The third-order valence-corrected chi connectivity index (χ3v) is 7.08. The van der Waals surface area contributed by atoms with Crippen LogP contribution in [0.4, 0.5) is 10.5 Å². The Morgan fingerprint density at radius 3 is 2.16 bits per heavy atom. The zero-order valence-corrected chi connectivity index (χ0v) is 17.5. The molecule has 2 N–H and O–H groups in total. The molecule has 3 aliphatic rings. The van der Waals surface area contributed by atoms with Crippen LogP contribution in [0.5, 0.6) is 0 Å². The van der Waals surface area contributed by atoms with E-state index in [2.05, 4.69) is 60.7 Å². The third-order valence-electron chi connectivity index (χ3n) is 7.08. The zero-order chi connectivity index (χ0) is 20.9. The van der Waals surface area contributed by atoms with Crippen LogP contribution in [0.25, 0.3) is 11.1 Å². The predicted octanol–water partition coefficient (Wildman–Crippen LogP) is 5.49. The van der Waals surface area contributed by atoms with Crippen molar-refractivity contribution in [3.63, 3.8) is 0 Å². The Morgan fingerprint density at radius 1 is 0.871 bits per heavy atom. The second kappa shape index (κ2) is 7.16. The highest BCUT2D eigenvalue weighted by molar-refractivity contribution is 5.79. The number of nitrogens with two attached hydrogens (primary N) is 1. The van der Waals surface area contributed by atoms with Crippen molar-refractivity contribution in [1.29, 1.82) is 0 Å². The predicted molar refractivity (Wildman–Crippen MR) is 122 cm³/mol. The minimum absolute atomic E-state index is 0.103. The first-order chi connectivity index (χ1) is 15.2. The van der Waals surface area contributed by atoms with Crippen molar-refractivity contribution in [1.82, 2.24) is 4.90 Å². The van der Waals surface area contributed by atoms with E-state index in [-0.39, 0.29) is 12.0 Å². The molecule has 2 aliphatic carbocycles. The van der Waals surface area contributed by atoms with Gasteiger partial charge >= 0.3 is 6.09 Å². The maximum atomic E-state index is 12.7. The number of rotatable bonds is 4. The SMILES string of the molecule is Nc1ccc(C2CN(C(=O)OCC3c4ccccc4-c4ccccc43)C2)cc1C1CC1. The molecule has 2 fully saturated rings. The van der Waals surface area contributed by atoms with Gasteiger partial charge in [-0.2, -0.15) is 0 Å². The summed E-state index contributed by atoms with van der Waals surface area (Å²) in [6.07, 6.45) is 2.27. The minimum Gasteiger partial charge on any atom is -0.448 e. The van der Waals surface area contributed by atoms with E-state index in [9.17, 15) is 4.79 Å². The average Bonchev–Trinajstić information content (AvgIpc) is 3.55. The summed E-state index contributed by atoms with van der Waals surface area (Å²) in [4.78, 5) is 14.5. The van der Waals surface area contributed by atoms with Crippen LogP contribution in [0, 0.1) is 0 Å². The summed E-state index contributed by atoms with van der Waals surface area (Å²) >= 11 is 0. The number of anilines is 1. The van der Waals surface area contributed by atoms with Gasteiger partial charge in [0.15, 0.2) is 0 Å². The fourth-order valence-corrected chi connectivity index (χ4v) is 5.12. The van der Waals surface area contributed by atoms with Gasteiger partial charge in [0.25, 0.3) is 0 Å². The highest BCUT2D eigenvalue weighted by Gasteiger charge is 2.35. The summed E-state index contributed by atoms with van der Waals surface area (Å²) in [7, 11) is 0. The van der Waals surface area contributed by atoms with Gasteiger partial charge < -0.3 is 15.4 Å². The Bertz CT molecular complexity index is 1120. The largest absolute Gasteiger partial charge is 0.448 e. The summed E-state index contributed by atoms with van der Waals surface area (Å²) in [6, 6.07) is 23.2. The molecule has 0 aromatic heterocycles. The summed E-state index contributed by atoms with van der Waals surface area (Å²) in [5, 5.41) is 0. The van der Waals surface area contributed by atoms with E-state index >= 15 is 0 Å². The fourth-order valence-electron chi connectivity index (χ4n) is 5.12. The van der Waals surface area contributed by atoms with Gasteiger partial charge in [0.2, 0.25) is 0 Å². The first kappa shape index (κ1) is 18.5. The molecule has 0 unspecified atom stereocenters. The van der Waals surface area contributed by atoms with Crippen molar-refractivity contribution in [2.24, 2.45) is 0 Å². The van der Waals surface area contributed by atoms with E-state index in [1.54, 1.807) is 0 Å². The quantitative estimate of drug-likeness (QED) is 0.578. The molecule has 4 heteroatoms. The second-order valence-corrected chi connectivity index (χ2v) is 9.07. The molecule has 1 amide bonds. The van der Waals surface area contributed by atoms with E-state index < -0.39 is 0 Å². The minimum atomic E-state index is -0.212. The Balaban J connectivity index is 1.10. The van der Waals surface area contributed by atoms with Crippen LogP contribution < -0.4 is 5.73 Å². The van der Waals surface area contributed by atoms with Gasteiger partial charge in [0, 0.05) is 30.6 Å². The molecule has 31 heavy (non-hydrogen) atoms. The Hall–Kier alpha value is -3.27. The summed E-state index contributed by atoms with van der Waals surface area (Å²) in [5.41, 5.74) is 14.6. The Morgan fingerprint density at radius 2 is 1.52 bits per heavy atom. The number of likely N-dealkylation sites (tertiary alicyclic amines) is 1. The van der Waals surface area contributed by atoms with E-state index in [1.165, 1.54) is 46.2 Å². The number of hydrogen-bond donors (Lipinski definition) is 1. The van der Waals surface area contributed by atoms with Crippen molar-refractivity contribution >= 4 is 11.8 Å². The molecule has 3 aromatic rings. The van der Waals surface area contributed by atoms with Gasteiger partial charge in [-0.15, -0.1) is 0 Å². The van der Waals surface area contributed by atoms with Gasteiger partial charge in [-0.1, -0.05) is 60.7 Å². The average molecular weight is 411 g/mol. The third kappa shape index (κ3) is 3.18. The normalized spacial score (nSPS) is 17.7. The summed E-state index contributed by atoms with van der Waals surface area (Å²) in [6.45, 7) is 1.80. The van der Waals surface area contributed by atoms with Crippen LogP contribution in [0.1, 0.15) is 52.8 Å². The number of nitrogens with zero attached hydrogens (tertiary/aromatic N) is 1. The van der Waals surface area contributed by atoms with Crippen LogP contribution in [0.15, 0.2) is 66.7 Å². The van der Waals surface area contributed by atoms with Crippen LogP contribution >= 0.6 is 0 Å². The molecule has 0 spiro atoms. The van der Waals surface area contributed by atoms with Crippen LogP contribution in [0.3, 0.4) is 0 Å². The van der Waals surface area contributed by atoms with Crippen molar-refractivity contribution < 1.29 is 9.53 Å². The highest BCUT2D eigenvalue weighted by Crippen LogP contribution is 2.45. The standard InChI is InChI=1S/C27H26N2O2/c28-26-12-11-18(13-24(26)17-9-10-17)19-14-29(15-19)27(30)31-16-25-22-7-3-1-5-20(22)21-6-2-4-8-23(21)25/h1-8,11-13,17,19,25H,9-10,14-16,28H2. The highest BCUT2D eigenvalue weighted by atomic mass is 16.6. The number of ether oxygens (including phenoxy) is 1. The number of amides is 1. The van der Waals surface area contributed by atoms with Gasteiger partial charge in [0.1, 0.15) is 6.61 Å². The van der Waals surface area contributed by atoms with Gasteiger partial charge in [-0.25, -0.2) is 4.79 Å². The molecule has 0 atom stereocenters. The lowest BCUT2D eigenvalue weighted by molar-refractivity contribution is 0.0695. The summed E-state index contributed by atoms with van der Waals surface area (Å²) in [5.74, 6) is 1.11. The molecule has 6 rings (SSSR count). The maximum absolute atomic E-state index is 12.7. The van der Waals surface area contributed by atoms with Crippen molar-refractivity contribution in [3.05, 3.63) is 89.0 Å². The molecule has 1 saturated heterocycles. The van der Waals surface area contributed by atoms with Crippen molar-refractivity contribution in [3.8, 4) is 11.1 Å². The number of carbonyl (C=O) groups excluding carboxylic acids is 1. The topological polar surface area (TPSA) is 55.6 Å². The maximum Gasteiger partial charge on any atom is 0.409 e. The molecule has 1 aliphatic heterocycles. The number of carbonyl (C=O) groups is 1. The monoisotopic (exact) mass is 410 g/mol. The first-order valence-corrected chi connectivity index (χ1v) is 11.2. The lowest BCUT2D eigenvalue weighted by Gasteiger charge is -2.39. The fraction of sp³-hybridized carbons (Fsp3) is 0.296. The number of fused-ring (bicyclic) bond motifs is 3.